The highest BCUT2D eigenvalue weighted by atomic mass is 16.6. The molecule has 5 heteroatoms. The van der Waals surface area contributed by atoms with E-state index in [0.29, 0.717) is 6.54 Å². The molecule has 0 spiro atoms. The topological polar surface area (TPSA) is 55.8 Å². The number of likely N-dealkylation sites (N-methyl/N-ethyl adjacent to an activating group) is 1. The van der Waals surface area contributed by atoms with Gasteiger partial charge in [-0.05, 0) is 33.6 Å². The maximum atomic E-state index is 11.8. The molecular formula is C15H27NO4. The number of nitrogens with zero attached hydrogens (tertiary/aromatic N) is 1. The zero-order valence-corrected chi connectivity index (χ0v) is 13.1. The van der Waals surface area contributed by atoms with E-state index in [1.165, 1.54) is 11.3 Å². The van der Waals surface area contributed by atoms with Crippen molar-refractivity contribution >= 4 is 12.1 Å². The van der Waals surface area contributed by atoms with Crippen molar-refractivity contribution in [1.29, 1.82) is 0 Å². The molecule has 0 saturated heterocycles. The number of hydrogen-bond donors (Lipinski definition) is 0. The quantitative estimate of drug-likeness (QED) is 0.745. The van der Waals surface area contributed by atoms with Crippen molar-refractivity contribution in [2.75, 3.05) is 20.2 Å². The lowest BCUT2D eigenvalue weighted by atomic mass is 9.89. The first-order valence-electron chi connectivity index (χ1n) is 7.40. The molecule has 1 amide bonds. The van der Waals surface area contributed by atoms with Crippen LogP contribution in [0.2, 0.25) is 0 Å². The molecule has 0 heterocycles. The molecule has 1 aliphatic carbocycles. The summed E-state index contributed by atoms with van der Waals surface area (Å²) in [7, 11) is 1.64. The van der Waals surface area contributed by atoms with Gasteiger partial charge in [0.2, 0.25) is 0 Å². The Labute approximate surface area is 121 Å². The highest BCUT2D eigenvalue weighted by Gasteiger charge is 2.23. The molecule has 0 aromatic carbocycles. The Balaban J connectivity index is 2.22. The van der Waals surface area contributed by atoms with Gasteiger partial charge in [-0.15, -0.1) is 0 Å². The second-order valence-electron chi connectivity index (χ2n) is 6.40. The summed E-state index contributed by atoms with van der Waals surface area (Å²) in [5, 5.41) is 0. The second-order valence-corrected chi connectivity index (χ2v) is 6.40. The van der Waals surface area contributed by atoms with Crippen LogP contribution >= 0.6 is 0 Å². The summed E-state index contributed by atoms with van der Waals surface area (Å²) in [5.41, 5.74) is -0.510. The normalized spacial score (nSPS) is 16.6. The molecule has 0 aromatic rings. The number of carbonyl (C=O) groups is 2. The van der Waals surface area contributed by atoms with Gasteiger partial charge < -0.3 is 14.4 Å². The fourth-order valence-electron chi connectivity index (χ4n) is 2.17. The first kappa shape index (κ1) is 16.8. The van der Waals surface area contributed by atoms with Gasteiger partial charge in [-0.25, -0.2) is 4.79 Å². The summed E-state index contributed by atoms with van der Waals surface area (Å²) >= 11 is 0. The molecule has 116 valence electrons. The van der Waals surface area contributed by atoms with Crippen LogP contribution in [0.4, 0.5) is 4.79 Å². The number of hydrogen-bond acceptors (Lipinski definition) is 4. The summed E-state index contributed by atoms with van der Waals surface area (Å²) in [4.78, 5) is 25.0. The largest absolute Gasteiger partial charge is 0.464 e. The average Bonchev–Trinajstić information content (AvgIpc) is 2.37. The first-order valence-corrected chi connectivity index (χ1v) is 7.40. The van der Waals surface area contributed by atoms with E-state index in [-0.39, 0.29) is 18.5 Å². The minimum absolute atomic E-state index is 0.0515. The highest BCUT2D eigenvalue weighted by molar-refractivity contribution is 5.72. The van der Waals surface area contributed by atoms with E-state index in [1.54, 1.807) is 7.05 Å². The first-order chi connectivity index (χ1) is 9.29. The molecule has 1 saturated carbocycles. The average molecular weight is 285 g/mol. The minimum atomic E-state index is -0.510. The summed E-state index contributed by atoms with van der Waals surface area (Å²) in [6.07, 6.45) is 4.90. The summed E-state index contributed by atoms with van der Waals surface area (Å²) in [6, 6.07) is 0. The van der Waals surface area contributed by atoms with Gasteiger partial charge in [-0.2, -0.15) is 0 Å². The molecule has 5 nitrogen and oxygen atoms in total. The van der Waals surface area contributed by atoms with Crippen LogP contribution in [0.3, 0.4) is 0 Å². The van der Waals surface area contributed by atoms with Gasteiger partial charge in [0.15, 0.2) is 0 Å². The third-order valence-corrected chi connectivity index (χ3v) is 3.31. The van der Waals surface area contributed by atoms with Crippen LogP contribution in [-0.4, -0.2) is 42.8 Å². The van der Waals surface area contributed by atoms with E-state index in [4.69, 9.17) is 9.47 Å². The third-order valence-electron chi connectivity index (χ3n) is 3.31. The molecule has 1 aliphatic rings. The molecule has 0 atom stereocenters. The predicted octanol–water partition coefficient (Wildman–Crippen LogP) is 2.98. The fourth-order valence-corrected chi connectivity index (χ4v) is 2.17. The van der Waals surface area contributed by atoms with E-state index in [9.17, 15) is 9.59 Å². The van der Waals surface area contributed by atoms with Crippen LogP contribution in [0, 0.1) is 5.92 Å². The van der Waals surface area contributed by atoms with Crippen LogP contribution in [-0.2, 0) is 14.3 Å². The molecule has 0 aliphatic heterocycles. The third kappa shape index (κ3) is 6.26. The van der Waals surface area contributed by atoms with Crippen molar-refractivity contribution in [2.24, 2.45) is 5.92 Å². The van der Waals surface area contributed by atoms with Crippen molar-refractivity contribution in [2.45, 2.75) is 58.5 Å². The van der Waals surface area contributed by atoms with Crippen molar-refractivity contribution in [3.63, 3.8) is 0 Å². The number of carbonyl (C=O) groups excluding carboxylic acids is 2. The summed E-state index contributed by atoms with van der Waals surface area (Å²) < 4.78 is 10.5. The van der Waals surface area contributed by atoms with Crippen molar-refractivity contribution in [3.05, 3.63) is 0 Å². The molecule has 0 radical (unpaired) electrons. The van der Waals surface area contributed by atoms with E-state index >= 15 is 0 Å². The molecule has 0 N–H and O–H groups in total. The van der Waals surface area contributed by atoms with Crippen LogP contribution in [0.5, 0.6) is 0 Å². The SMILES string of the molecule is CN(CCOC(=O)C1CCCCC1)C(=O)OC(C)(C)C. The van der Waals surface area contributed by atoms with Crippen LogP contribution in [0.25, 0.3) is 0 Å². The van der Waals surface area contributed by atoms with Crippen molar-refractivity contribution in [1.82, 2.24) is 4.90 Å². The Morgan fingerprint density at radius 2 is 1.75 bits per heavy atom. The molecular weight excluding hydrogens is 258 g/mol. The lowest BCUT2D eigenvalue weighted by Crippen LogP contribution is -2.36. The maximum absolute atomic E-state index is 11.8. The predicted molar refractivity (Wildman–Crippen MR) is 76.4 cm³/mol. The van der Waals surface area contributed by atoms with Gasteiger partial charge in [0, 0.05) is 7.05 Å². The molecule has 1 rings (SSSR count). The van der Waals surface area contributed by atoms with E-state index in [2.05, 4.69) is 0 Å². The van der Waals surface area contributed by atoms with Crippen LogP contribution in [0.1, 0.15) is 52.9 Å². The maximum Gasteiger partial charge on any atom is 0.410 e. The Morgan fingerprint density at radius 1 is 1.15 bits per heavy atom. The smallest absolute Gasteiger partial charge is 0.410 e. The zero-order chi connectivity index (χ0) is 15.2. The van der Waals surface area contributed by atoms with E-state index in [0.717, 1.165) is 25.7 Å². The summed E-state index contributed by atoms with van der Waals surface area (Å²) in [6.45, 7) is 6.05. The van der Waals surface area contributed by atoms with Crippen LogP contribution < -0.4 is 0 Å². The van der Waals surface area contributed by atoms with Gasteiger partial charge in [0.05, 0.1) is 12.5 Å². The Kier molecular flexibility index (Phi) is 6.30. The summed E-state index contributed by atoms with van der Waals surface area (Å²) in [5.74, 6) is -0.0714. The molecule has 1 fully saturated rings. The monoisotopic (exact) mass is 285 g/mol. The molecule has 20 heavy (non-hydrogen) atoms. The van der Waals surface area contributed by atoms with Crippen molar-refractivity contribution < 1.29 is 19.1 Å². The number of rotatable bonds is 4. The van der Waals surface area contributed by atoms with Gasteiger partial charge >= 0.3 is 12.1 Å². The van der Waals surface area contributed by atoms with E-state index < -0.39 is 11.7 Å². The number of esters is 1. The van der Waals surface area contributed by atoms with Gasteiger partial charge in [-0.1, -0.05) is 19.3 Å². The molecule has 0 unspecified atom stereocenters. The number of amides is 1. The van der Waals surface area contributed by atoms with Gasteiger partial charge in [-0.3, -0.25) is 4.79 Å². The second kappa shape index (κ2) is 7.50. The molecule has 0 aromatic heterocycles. The minimum Gasteiger partial charge on any atom is -0.464 e. The van der Waals surface area contributed by atoms with Crippen LogP contribution in [0.15, 0.2) is 0 Å². The number of ether oxygens (including phenoxy) is 2. The standard InChI is InChI=1S/C15H27NO4/c1-15(2,3)20-14(18)16(4)10-11-19-13(17)12-8-6-5-7-9-12/h12H,5-11H2,1-4H3. The van der Waals surface area contributed by atoms with Gasteiger partial charge in [0.25, 0.3) is 0 Å². The molecule has 0 bridgehead atoms. The Bertz CT molecular complexity index is 329. The zero-order valence-electron chi connectivity index (χ0n) is 13.1. The van der Waals surface area contributed by atoms with Crippen molar-refractivity contribution in [3.8, 4) is 0 Å². The Morgan fingerprint density at radius 3 is 2.30 bits per heavy atom. The fraction of sp³-hybridized carbons (Fsp3) is 0.867. The van der Waals surface area contributed by atoms with E-state index in [1.807, 2.05) is 20.8 Å². The lowest BCUT2D eigenvalue weighted by molar-refractivity contribution is -0.150. The lowest BCUT2D eigenvalue weighted by Gasteiger charge is -2.25. The Hall–Kier alpha value is -1.26. The highest BCUT2D eigenvalue weighted by Crippen LogP contribution is 2.24. The van der Waals surface area contributed by atoms with Gasteiger partial charge in [0.1, 0.15) is 12.2 Å².